The van der Waals surface area contributed by atoms with Gasteiger partial charge in [0.1, 0.15) is 0 Å². The number of hydrogen-bond donors (Lipinski definition) is 2. The monoisotopic (exact) mass is 233 g/mol. The standard InChI is InChI=1S/C13H19N3O/c1-2-4-13-12(3-1)15-5-7-16(13)10-11-9-14-6-8-17-11/h1-4,11,14-15H,5-10H2. The molecule has 1 saturated heterocycles. The van der Waals surface area contributed by atoms with Crippen molar-refractivity contribution in [2.24, 2.45) is 0 Å². The minimum atomic E-state index is 0.315. The number of rotatable bonds is 2. The topological polar surface area (TPSA) is 36.5 Å². The highest BCUT2D eigenvalue weighted by molar-refractivity contribution is 5.71. The summed E-state index contributed by atoms with van der Waals surface area (Å²) in [5, 5.41) is 6.81. The Kier molecular flexibility index (Phi) is 3.16. The van der Waals surface area contributed by atoms with Gasteiger partial charge in [-0.2, -0.15) is 0 Å². The second-order valence-electron chi connectivity index (χ2n) is 4.59. The molecule has 0 saturated carbocycles. The highest BCUT2D eigenvalue weighted by Gasteiger charge is 2.21. The van der Waals surface area contributed by atoms with E-state index in [1.54, 1.807) is 0 Å². The molecular formula is C13H19N3O. The van der Waals surface area contributed by atoms with Gasteiger partial charge in [0.25, 0.3) is 0 Å². The zero-order chi connectivity index (χ0) is 11.5. The number of para-hydroxylation sites is 2. The van der Waals surface area contributed by atoms with Gasteiger partial charge in [-0.15, -0.1) is 0 Å². The molecule has 17 heavy (non-hydrogen) atoms. The first-order valence-electron chi connectivity index (χ1n) is 6.33. The lowest BCUT2D eigenvalue weighted by Gasteiger charge is -2.35. The van der Waals surface area contributed by atoms with Gasteiger partial charge >= 0.3 is 0 Å². The number of nitrogens with zero attached hydrogens (tertiary/aromatic N) is 1. The summed E-state index contributed by atoms with van der Waals surface area (Å²) in [6.07, 6.45) is 0.315. The minimum absolute atomic E-state index is 0.315. The molecule has 1 atom stereocenters. The number of morpholine rings is 1. The molecule has 1 aromatic rings. The third-order valence-corrected chi connectivity index (χ3v) is 3.37. The Labute approximate surface area is 102 Å². The Morgan fingerprint density at radius 2 is 2.24 bits per heavy atom. The van der Waals surface area contributed by atoms with Crippen LogP contribution >= 0.6 is 0 Å². The van der Waals surface area contributed by atoms with Crippen molar-refractivity contribution in [3.8, 4) is 0 Å². The Morgan fingerprint density at radius 1 is 1.29 bits per heavy atom. The molecule has 1 unspecified atom stereocenters. The van der Waals surface area contributed by atoms with Crippen LogP contribution in [0.2, 0.25) is 0 Å². The molecule has 0 amide bonds. The first-order valence-corrected chi connectivity index (χ1v) is 6.33. The fourth-order valence-corrected chi connectivity index (χ4v) is 2.52. The van der Waals surface area contributed by atoms with E-state index in [9.17, 15) is 0 Å². The smallest absolute Gasteiger partial charge is 0.0874 e. The number of hydrogen-bond acceptors (Lipinski definition) is 4. The molecule has 0 bridgehead atoms. The number of fused-ring (bicyclic) bond motifs is 1. The number of benzene rings is 1. The van der Waals surface area contributed by atoms with Crippen molar-refractivity contribution in [2.75, 3.05) is 49.5 Å². The van der Waals surface area contributed by atoms with Crippen LogP contribution in [0.1, 0.15) is 0 Å². The highest BCUT2D eigenvalue weighted by Crippen LogP contribution is 2.28. The second kappa shape index (κ2) is 4.94. The number of nitrogens with one attached hydrogen (secondary N) is 2. The second-order valence-corrected chi connectivity index (χ2v) is 4.59. The van der Waals surface area contributed by atoms with Crippen LogP contribution in [-0.4, -0.2) is 45.4 Å². The lowest BCUT2D eigenvalue weighted by molar-refractivity contribution is 0.0334. The van der Waals surface area contributed by atoms with E-state index in [0.29, 0.717) is 6.10 Å². The van der Waals surface area contributed by atoms with Gasteiger partial charge in [0.05, 0.1) is 24.1 Å². The van der Waals surface area contributed by atoms with Crippen LogP contribution in [0.5, 0.6) is 0 Å². The molecular weight excluding hydrogens is 214 g/mol. The van der Waals surface area contributed by atoms with Crippen molar-refractivity contribution in [1.82, 2.24) is 5.32 Å². The van der Waals surface area contributed by atoms with Crippen LogP contribution in [0.3, 0.4) is 0 Å². The van der Waals surface area contributed by atoms with E-state index in [1.165, 1.54) is 11.4 Å². The molecule has 1 aromatic carbocycles. The van der Waals surface area contributed by atoms with Crippen molar-refractivity contribution >= 4 is 11.4 Å². The molecule has 0 radical (unpaired) electrons. The average Bonchev–Trinajstić information content (AvgIpc) is 2.40. The third kappa shape index (κ3) is 2.37. The fourth-order valence-electron chi connectivity index (χ4n) is 2.52. The quantitative estimate of drug-likeness (QED) is 0.796. The lowest BCUT2D eigenvalue weighted by Crippen LogP contribution is -2.47. The van der Waals surface area contributed by atoms with E-state index in [2.05, 4.69) is 39.8 Å². The first-order chi connectivity index (χ1) is 8.43. The maximum atomic E-state index is 5.77. The molecule has 2 heterocycles. The van der Waals surface area contributed by atoms with Gasteiger partial charge in [0.15, 0.2) is 0 Å². The maximum absolute atomic E-state index is 5.77. The molecule has 4 heteroatoms. The molecule has 3 rings (SSSR count). The summed E-state index contributed by atoms with van der Waals surface area (Å²) >= 11 is 0. The Bertz CT molecular complexity index is 377. The van der Waals surface area contributed by atoms with E-state index in [4.69, 9.17) is 4.74 Å². The van der Waals surface area contributed by atoms with Crippen molar-refractivity contribution in [1.29, 1.82) is 0 Å². The summed E-state index contributed by atoms with van der Waals surface area (Å²) in [4.78, 5) is 2.42. The Balaban J connectivity index is 1.71. The van der Waals surface area contributed by atoms with E-state index in [-0.39, 0.29) is 0 Å². The van der Waals surface area contributed by atoms with E-state index < -0.39 is 0 Å². The maximum Gasteiger partial charge on any atom is 0.0874 e. The molecule has 1 fully saturated rings. The van der Waals surface area contributed by atoms with Crippen molar-refractivity contribution < 1.29 is 4.74 Å². The van der Waals surface area contributed by atoms with Gasteiger partial charge in [-0.25, -0.2) is 0 Å². The fraction of sp³-hybridized carbons (Fsp3) is 0.538. The van der Waals surface area contributed by atoms with Gasteiger partial charge in [-0.3, -0.25) is 0 Å². The molecule has 0 aromatic heterocycles. The molecule has 4 nitrogen and oxygen atoms in total. The van der Waals surface area contributed by atoms with Gasteiger partial charge in [0, 0.05) is 32.7 Å². The van der Waals surface area contributed by atoms with Gasteiger partial charge < -0.3 is 20.3 Å². The summed E-state index contributed by atoms with van der Waals surface area (Å²) in [6, 6.07) is 8.49. The average molecular weight is 233 g/mol. The Hall–Kier alpha value is -1.26. The Morgan fingerprint density at radius 3 is 3.12 bits per heavy atom. The normalized spacial score (nSPS) is 24.0. The van der Waals surface area contributed by atoms with Crippen molar-refractivity contribution in [3.63, 3.8) is 0 Å². The van der Waals surface area contributed by atoms with Crippen LogP contribution in [0.15, 0.2) is 24.3 Å². The summed E-state index contributed by atoms with van der Waals surface area (Å²) in [7, 11) is 0. The highest BCUT2D eigenvalue weighted by atomic mass is 16.5. The lowest BCUT2D eigenvalue weighted by atomic mass is 10.1. The molecule has 2 N–H and O–H groups in total. The van der Waals surface area contributed by atoms with Crippen molar-refractivity contribution in [2.45, 2.75) is 6.10 Å². The van der Waals surface area contributed by atoms with E-state index in [0.717, 1.165) is 39.3 Å². The zero-order valence-corrected chi connectivity index (χ0v) is 9.98. The number of anilines is 2. The summed E-state index contributed by atoms with van der Waals surface area (Å²) in [5.74, 6) is 0. The van der Waals surface area contributed by atoms with Gasteiger partial charge in [-0.05, 0) is 12.1 Å². The van der Waals surface area contributed by atoms with Crippen LogP contribution in [0.4, 0.5) is 11.4 Å². The van der Waals surface area contributed by atoms with Crippen LogP contribution in [0, 0.1) is 0 Å². The predicted molar refractivity (Wildman–Crippen MR) is 69.8 cm³/mol. The molecule has 2 aliphatic heterocycles. The van der Waals surface area contributed by atoms with Gasteiger partial charge in [-0.1, -0.05) is 12.1 Å². The summed E-state index contributed by atoms with van der Waals surface area (Å²) in [5.41, 5.74) is 2.54. The van der Waals surface area contributed by atoms with E-state index >= 15 is 0 Å². The zero-order valence-electron chi connectivity index (χ0n) is 9.98. The summed E-state index contributed by atoms with van der Waals surface area (Å²) in [6.45, 7) is 5.82. The third-order valence-electron chi connectivity index (χ3n) is 3.37. The SMILES string of the molecule is c1ccc2c(c1)NCCN2CC1CNCCO1. The summed E-state index contributed by atoms with van der Waals surface area (Å²) < 4.78 is 5.77. The predicted octanol–water partition coefficient (Wildman–Crippen LogP) is 0.907. The minimum Gasteiger partial charge on any atom is -0.382 e. The van der Waals surface area contributed by atoms with E-state index in [1.807, 2.05) is 0 Å². The molecule has 92 valence electrons. The van der Waals surface area contributed by atoms with Crippen LogP contribution in [-0.2, 0) is 4.74 Å². The van der Waals surface area contributed by atoms with Gasteiger partial charge in [0.2, 0.25) is 0 Å². The molecule has 0 aliphatic carbocycles. The van der Waals surface area contributed by atoms with Crippen molar-refractivity contribution in [3.05, 3.63) is 24.3 Å². The molecule has 2 aliphatic rings. The first kappa shape index (κ1) is 10.9. The molecule has 0 spiro atoms. The largest absolute Gasteiger partial charge is 0.382 e. The number of ether oxygens (including phenoxy) is 1. The van der Waals surface area contributed by atoms with Crippen LogP contribution in [0.25, 0.3) is 0 Å². The van der Waals surface area contributed by atoms with Crippen LogP contribution < -0.4 is 15.5 Å².